The molecule has 0 aliphatic carbocycles. The summed E-state index contributed by atoms with van der Waals surface area (Å²) < 4.78 is 7.55. The Bertz CT molecular complexity index is 1210. The first-order valence-corrected chi connectivity index (χ1v) is 9.79. The van der Waals surface area contributed by atoms with E-state index < -0.39 is 5.78 Å². The monoisotopic (exact) mass is 407 g/mol. The molecule has 0 spiro atoms. The Kier molecular flexibility index (Phi) is 4.18. The van der Waals surface area contributed by atoms with Crippen molar-refractivity contribution in [3.8, 4) is 17.2 Å². The fraction of sp³-hybridized carbons (Fsp3) is 0.273. The third kappa shape index (κ3) is 2.88. The zero-order valence-corrected chi connectivity index (χ0v) is 16.4. The van der Waals surface area contributed by atoms with Crippen LogP contribution in [0.15, 0.2) is 36.4 Å². The Morgan fingerprint density at radius 1 is 1.23 bits per heavy atom. The first kappa shape index (κ1) is 18.5. The second-order valence-electron chi connectivity index (χ2n) is 7.72. The highest BCUT2D eigenvalue weighted by Crippen LogP contribution is 2.41. The van der Waals surface area contributed by atoms with Gasteiger partial charge in [-0.05, 0) is 25.0 Å². The third-order valence-corrected chi connectivity index (χ3v) is 5.69. The van der Waals surface area contributed by atoms with Crippen LogP contribution >= 0.6 is 0 Å². The molecule has 8 nitrogen and oxygen atoms in total. The Morgan fingerprint density at radius 3 is 2.77 bits per heavy atom. The second-order valence-corrected chi connectivity index (χ2v) is 7.72. The minimum Gasteiger partial charge on any atom is -0.508 e. The summed E-state index contributed by atoms with van der Waals surface area (Å²) in [4.78, 5) is 19.5. The first-order valence-electron chi connectivity index (χ1n) is 9.79. The smallest absolute Gasteiger partial charge is 0.235 e. The topological polar surface area (TPSA) is 108 Å². The molecule has 0 amide bonds. The van der Waals surface area contributed by atoms with Crippen LogP contribution in [0.4, 0.5) is 5.69 Å². The largest absolute Gasteiger partial charge is 0.508 e. The number of piperidine rings is 1. The molecule has 1 fully saturated rings. The number of carbonyl (C=O) groups is 1. The molecule has 30 heavy (non-hydrogen) atoms. The maximum absolute atomic E-state index is 12.8. The molecular weight excluding hydrogens is 386 g/mol. The highest BCUT2D eigenvalue weighted by Gasteiger charge is 2.32. The van der Waals surface area contributed by atoms with Gasteiger partial charge in [0.15, 0.2) is 5.76 Å². The van der Waals surface area contributed by atoms with Gasteiger partial charge in [0.2, 0.25) is 5.78 Å². The summed E-state index contributed by atoms with van der Waals surface area (Å²) in [5.41, 5.74) is 2.57. The quantitative estimate of drug-likeness (QED) is 0.560. The highest BCUT2D eigenvalue weighted by molar-refractivity contribution is 6.17. The van der Waals surface area contributed by atoms with Gasteiger partial charge in [0, 0.05) is 61.3 Å². The minimum atomic E-state index is -0.439. The number of aromatic hydroxyl groups is 2. The number of carbonyl (C=O) groups excluding carboxylic acids is 1. The fourth-order valence-electron chi connectivity index (χ4n) is 4.22. The van der Waals surface area contributed by atoms with Gasteiger partial charge in [-0.2, -0.15) is 0 Å². The number of fused-ring (bicyclic) bond motifs is 2. The van der Waals surface area contributed by atoms with Crippen LogP contribution in [0.25, 0.3) is 17.1 Å². The fourth-order valence-corrected chi connectivity index (χ4v) is 4.22. The number of rotatable bonds is 2. The summed E-state index contributed by atoms with van der Waals surface area (Å²) >= 11 is 0. The average molecular weight is 407 g/mol. The molecular formula is C22H21N3O5. The molecule has 4 heterocycles. The Balaban J connectivity index is 1.60. The number of Topliss-reactive ketones (excluding diaryl/α,β-unsaturated/α-hetero) is 1. The van der Waals surface area contributed by atoms with Crippen molar-refractivity contribution in [2.75, 3.05) is 18.0 Å². The van der Waals surface area contributed by atoms with E-state index in [1.807, 2.05) is 23.9 Å². The number of benzene rings is 1. The number of aromatic nitrogens is 2. The van der Waals surface area contributed by atoms with Crippen molar-refractivity contribution in [2.45, 2.75) is 18.9 Å². The lowest BCUT2D eigenvalue weighted by atomic mass is 10.0. The summed E-state index contributed by atoms with van der Waals surface area (Å²) in [6, 6.07) is 4.37. The van der Waals surface area contributed by atoms with Crippen LogP contribution in [0.5, 0.6) is 17.2 Å². The van der Waals surface area contributed by atoms with Crippen LogP contribution in [0.3, 0.4) is 0 Å². The van der Waals surface area contributed by atoms with E-state index in [0.29, 0.717) is 12.8 Å². The lowest BCUT2D eigenvalue weighted by Crippen LogP contribution is -2.35. The average Bonchev–Trinajstić information content (AvgIpc) is 3.19. The number of hydrogen-bond donors (Lipinski definition) is 3. The van der Waals surface area contributed by atoms with Crippen LogP contribution in [-0.4, -0.2) is 49.8 Å². The number of anilines is 1. The third-order valence-electron chi connectivity index (χ3n) is 5.69. The molecule has 2 aromatic heterocycles. The number of aryl methyl sites for hydroxylation is 1. The van der Waals surface area contributed by atoms with E-state index in [2.05, 4.69) is 9.88 Å². The second kappa shape index (κ2) is 6.77. The number of aliphatic hydroxyl groups is 1. The molecule has 3 N–H and O–H groups in total. The van der Waals surface area contributed by atoms with E-state index in [9.17, 15) is 20.1 Å². The number of ketones is 1. The van der Waals surface area contributed by atoms with Crippen molar-refractivity contribution < 1.29 is 24.9 Å². The highest BCUT2D eigenvalue weighted by atomic mass is 16.5. The Morgan fingerprint density at radius 2 is 2.00 bits per heavy atom. The predicted octanol–water partition coefficient (Wildman–Crippen LogP) is 2.56. The SMILES string of the molecule is Cn1cc(/C=C2\Oc3cc(O)cc(O)c3C2=O)c2c(N3CCC(O)CC3)ccnc21. The molecule has 0 radical (unpaired) electrons. The van der Waals surface area contributed by atoms with Crippen LogP contribution in [0, 0.1) is 0 Å². The van der Waals surface area contributed by atoms with Gasteiger partial charge >= 0.3 is 0 Å². The number of aliphatic hydroxyl groups excluding tert-OH is 1. The number of hydrogen-bond acceptors (Lipinski definition) is 7. The lowest BCUT2D eigenvalue weighted by Gasteiger charge is -2.32. The van der Waals surface area contributed by atoms with Crippen LogP contribution < -0.4 is 9.64 Å². The van der Waals surface area contributed by atoms with Crippen molar-refractivity contribution in [1.82, 2.24) is 9.55 Å². The molecule has 2 aliphatic heterocycles. The summed E-state index contributed by atoms with van der Waals surface area (Å²) in [5, 5.41) is 30.5. The predicted molar refractivity (Wildman–Crippen MR) is 111 cm³/mol. The molecule has 0 saturated carbocycles. The number of nitrogens with zero attached hydrogens (tertiary/aromatic N) is 3. The van der Waals surface area contributed by atoms with Gasteiger partial charge < -0.3 is 29.5 Å². The van der Waals surface area contributed by atoms with E-state index >= 15 is 0 Å². The zero-order valence-electron chi connectivity index (χ0n) is 16.4. The van der Waals surface area contributed by atoms with Gasteiger partial charge in [-0.1, -0.05) is 0 Å². The van der Waals surface area contributed by atoms with E-state index in [-0.39, 0.29) is 34.7 Å². The van der Waals surface area contributed by atoms with E-state index in [4.69, 9.17) is 4.74 Å². The molecule has 1 saturated heterocycles. The van der Waals surface area contributed by atoms with Gasteiger partial charge in [0.1, 0.15) is 28.5 Å². The van der Waals surface area contributed by atoms with Crippen molar-refractivity contribution in [1.29, 1.82) is 0 Å². The molecule has 0 unspecified atom stereocenters. The molecule has 0 atom stereocenters. The van der Waals surface area contributed by atoms with Crippen molar-refractivity contribution in [2.24, 2.45) is 7.05 Å². The van der Waals surface area contributed by atoms with Gasteiger partial charge in [-0.3, -0.25) is 4.79 Å². The zero-order chi connectivity index (χ0) is 21.0. The van der Waals surface area contributed by atoms with Crippen molar-refractivity contribution >= 4 is 28.6 Å². The van der Waals surface area contributed by atoms with Crippen molar-refractivity contribution in [3.05, 3.63) is 47.5 Å². The maximum atomic E-state index is 12.8. The van der Waals surface area contributed by atoms with Gasteiger partial charge in [0.05, 0.1) is 6.10 Å². The van der Waals surface area contributed by atoms with Gasteiger partial charge in [-0.15, -0.1) is 0 Å². The Hall–Kier alpha value is -3.52. The van der Waals surface area contributed by atoms with E-state index in [1.54, 1.807) is 12.3 Å². The molecule has 0 bridgehead atoms. The number of allylic oxidation sites excluding steroid dienone is 1. The summed E-state index contributed by atoms with van der Waals surface area (Å²) in [7, 11) is 1.89. The molecule has 1 aromatic carbocycles. The molecule has 2 aliphatic rings. The minimum absolute atomic E-state index is 0.0441. The Labute approximate surface area is 172 Å². The number of phenolic OH excluding ortho intramolecular Hbond substituents is 2. The molecule has 5 rings (SSSR count). The standard InChI is InChI=1S/C22H21N3O5/c1-24-11-12(8-18-21(29)20-16(28)9-14(27)10-17(20)30-18)19-15(2-5-23-22(19)24)25-6-3-13(26)4-7-25/h2,5,8-11,13,26-28H,3-4,6-7H2,1H3/b18-8-. The maximum Gasteiger partial charge on any atom is 0.235 e. The number of ether oxygens (including phenoxy) is 1. The molecule has 8 heteroatoms. The molecule has 154 valence electrons. The van der Waals surface area contributed by atoms with E-state index in [0.717, 1.165) is 41.4 Å². The first-order chi connectivity index (χ1) is 14.4. The van der Waals surface area contributed by atoms with E-state index in [1.165, 1.54) is 6.07 Å². The van der Waals surface area contributed by atoms with Crippen LogP contribution in [0.1, 0.15) is 28.8 Å². The summed E-state index contributed by atoms with van der Waals surface area (Å²) in [5.74, 6) is -0.726. The normalized spacial score (nSPS) is 18.3. The van der Waals surface area contributed by atoms with Gasteiger partial charge in [0.25, 0.3) is 0 Å². The van der Waals surface area contributed by atoms with Gasteiger partial charge in [-0.25, -0.2) is 4.98 Å². The summed E-state index contributed by atoms with van der Waals surface area (Å²) in [6.07, 6.45) is 6.41. The number of phenols is 2. The van der Waals surface area contributed by atoms with Crippen LogP contribution in [0.2, 0.25) is 0 Å². The van der Waals surface area contributed by atoms with Crippen LogP contribution in [-0.2, 0) is 7.05 Å². The van der Waals surface area contributed by atoms with Crippen molar-refractivity contribution in [3.63, 3.8) is 0 Å². The summed E-state index contributed by atoms with van der Waals surface area (Å²) in [6.45, 7) is 1.47. The number of pyridine rings is 1. The lowest BCUT2D eigenvalue weighted by molar-refractivity contribution is 0.101. The molecule has 3 aromatic rings.